The normalized spacial score (nSPS) is 18.6. The van der Waals surface area contributed by atoms with Crippen molar-refractivity contribution in [2.24, 2.45) is 0 Å². The number of sulfonamides is 1. The predicted molar refractivity (Wildman–Crippen MR) is 119 cm³/mol. The molecule has 1 heterocycles. The van der Waals surface area contributed by atoms with Gasteiger partial charge in [-0.2, -0.15) is 0 Å². The average Bonchev–Trinajstić information content (AvgIpc) is 2.65. The van der Waals surface area contributed by atoms with Crippen LogP contribution >= 0.6 is 0 Å². The number of para-hydroxylation sites is 1. The van der Waals surface area contributed by atoms with Gasteiger partial charge in [-0.3, -0.25) is 9.10 Å². The van der Waals surface area contributed by atoms with Gasteiger partial charge in [0.1, 0.15) is 17.4 Å². The number of hydrogen-bond acceptors (Lipinski definition) is 4. The summed E-state index contributed by atoms with van der Waals surface area (Å²) in [5.41, 5.74) is 2.02. The monoisotopic (exact) mass is 430 g/mol. The number of nitrogens with one attached hydrogen (secondary N) is 1. The molecule has 0 bridgehead atoms. The third kappa shape index (κ3) is 4.78. The van der Waals surface area contributed by atoms with Crippen molar-refractivity contribution in [2.75, 3.05) is 10.6 Å². The molecule has 2 aromatic rings. The van der Waals surface area contributed by atoms with Gasteiger partial charge in [0.15, 0.2) is 0 Å². The number of carbonyl (C=O) groups excluding carboxylic acids is 1. The maximum absolute atomic E-state index is 13.4. The number of ether oxygens (including phenoxy) is 1. The van der Waals surface area contributed by atoms with Crippen LogP contribution in [0.5, 0.6) is 5.75 Å². The maximum Gasteiger partial charge on any atom is 0.244 e. The zero-order valence-corrected chi connectivity index (χ0v) is 19.0. The Morgan fingerprint density at radius 2 is 1.90 bits per heavy atom. The van der Waals surface area contributed by atoms with E-state index in [0.717, 1.165) is 23.1 Å². The Morgan fingerprint density at radius 3 is 2.50 bits per heavy atom. The Balaban J connectivity index is 1.94. The van der Waals surface area contributed by atoms with E-state index in [2.05, 4.69) is 5.32 Å². The Bertz CT molecular complexity index is 1020. The lowest BCUT2D eigenvalue weighted by atomic mass is 9.88. The largest absolute Gasteiger partial charge is 0.487 e. The summed E-state index contributed by atoms with van der Waals surface area (Å²) in [6, 6.07) is 13.6. The number of benzene rings is 2. The summed E-state index contributed by atoms with van der Waals surface area (Å²) < 4.78 is 32.5. The van der Waals surface area contributed by atoms with E-state index in [1.54, 1.807) is 24.3 Å². The van der Waals surface area contributed by atoms with Crippen molar-refractivity contribution in [1.82, 2.24) is 5.32 Å². The minimum atomic E-state index is -3.66. The van der Waals surface area contributed by atoms with E-state index in [1.165, 1.54) is 4.31 Å². The molecule has 0 saturated heterocycles. The summed E-state index contributed by atoms with van der Waals surface area (Å²) in [5.74, 6) is 0.431. The molecule has 0 aromatic heterocycles. The number of hydrogen-bond donors (Lipinski definition) is 1. The molecule has 1 amide bonds. The number of carbonyl (C=O) groups is 1. The third-order valence-corrected chi connectivity index (χ3v) is 6.46. The Morgan fingerprint density at radius 1 is 1.23 bits per heavy atom. The van der Waals surface area contributed by atoms with Crippen LogP contribution in [0, 0.1) is 6.92 Å². The highest BCUT2D eigenvalue weighted by Crippen LogP contribution is 2.40. The summed E-state index contributed by atoms with van der Waals surface area (Å²) in [5, 5.41) is 3.11. The summed E-state index contributed by atoms with van der Waals surface area (Å²) in [4.78, 5) is 13.4. The fraction of sp³-hybridized carbons (Fsp3) is 0.435. The van der Waals surface area contributed by atoms with Gasteiger partial charge >= 0.3 is 0 Å². The van der Waals surface area contributed by atoms with Gasteiger partial charge < -0.3 is 10.1 Å². The van der Waals surface area contributed by atoms with Crippen LogP contribution in [0.2, 0.25) is 0 Å². The van der Waals surface area contributed by atoms with Gasteiger partial charge in [0.2, 0.25) is 15.9 Å². The van der Waals surface area contributed by atoms with Gasteiger partial charge in [0.05, 0.1) is 18.0 Å². The fourth-order valence-electron chi connectivity index (χ4n) is 4.01. The molecule has 2 aromatic carbocycles. The van der Waals surface area contributed by atoms with Crippen molar-refractivity contribution in [3.8, 4) is 5.75 Å². The van der Waals surface area contributed by atoms with Crippen LogP contribution in [0.1, 0.15) is 50.8 Å². The molecule has 162 valence electrons. The molecule has 6 nitrogen and oxygen atoms in total. The number of aryl methyl sites for hydroxylation is 1. The summed E-state index contributed by atoms with van der Waals surface area (Å²) in [6.45, 7) is 7.78. The predicted octanol–water partition coefficient (Wildman–Crippen LogP) is 3.96. The molecule has 0 unspecified atom stereocenters. The van der Waals surface area contributed by atoms with Crippen LogP contribution in [-0.4, -0.2) is 32.2 Å². The second-order valence-corrected chi connectivity index (χ2v) is 10.3. The van der Waals surface area contributed by atoms with E-state index in [-0.39, 0.29) is 11.9 Å². The molecule has 7 heteroatoms. The van der Waals surface area contributed by atoms with Gasteiger partial charge in [-0.05, 0) is 45.4 Å². The first kappa shape index (κ1) is 22.2. The third-order valence-electron chi connectivity index (χ3n) is 5.28. The highest BCUT2D eigenvalue weighted by Gasteiger charge is 2.37. The van der Waals surface area contributed by atoms with Crippen molar-refractivity contribution in [3.63, 3.8) is 0 Å². The van der Waals surface area contributed by atoms with Gasteiger partial charge in [-0.15, -0.1) is 0 Å². The van der Waals surface area contributed by atoms with E-state index in [1.807, 2.05) is 52.0 Å². The van der Waals surface area contributed by atoms with Gasteiger partial charge in [0, 0.05) is 12.0 Å². The molecule has 2 atom stereocenters. The van der Waals surface area contributed by atoms with E-state index in [0.29, 0.717) is 18.5 Å². The number of fused-ring (bicyclic) bond motifs is 1. The van der Waals surface area contributed by atoms with Gasteiger partial charge in [-0.1, -0.05) is 42.8 Å². The van der Waals surface area contributed by atoms with E-state index < -0.39 is 21.7 Å². The van der Waals surface area contributed by atoms with Gasteiger partial charge in [0.25, 0.3) is 0 Å². The fourth-order valence-corrected chi connectivity index (χ4v) is 5.22. The molecule has 1 aliphatic rings. The highest BCUT2D eigenvalue weighted by molar-refractivity contribution is 7.92. The second-order valence-electron chi connectivity index (χ2n) is 8.49. The van der Waals surface area contributed by atoms with E-state index >= 15 is 0 Å². The average molecular weight is 431 g/mol. The number of anilines is 1. The molecule has 1 N–H and O–H groups in total. The Labute approximate surface area is 179 Å². The van der Waals surface area contributed by atoms with E-state index in [9.17, 15) is 13.2 Å². The molecular weight excluding hydrogens is 400 g/mol. The molecular formula is C23H30N2O4S. The molecule has 0 aliphatic carbocycles. The lowest BCUT2D eigenvalue weighted by molar-refractivity contribution is -0.123. The second kappa shape index (κ2) is 8.30. The molecule has 1 aliphatic heterocycles. The van der Waals surface area contributed by atoms with Crippen molar-refractivity contribution < 1.29 is 17.9 Å². The van der Waals surface area contributed by atoms with Crippen molar-refractivity contribution in [2.45, 2.75) is 58.2 Å². The molecule has 0 spiro atoms. The lowest BCUT2D eigenvalue weighted by Gasteiger charge is -2.39. The van der Waals surface area contributed by atoms with Crippen LogP contribution in [-0.2, 0) is 14.8 Å². The van der Waals surface area contributed by atoms with Crippen molar-refractivity contribution in [3.05, 3.63) is 59.7 Å². The summed E-state index contributed by atoms with van der Waals surface area (Å²) >= 11 is 0. The first-order valence-corrected chi connectivity index (χ1v) is 12.0. The Kier molecular flexibility index (Phi) is 6.13. The Hall–Kier alpha value is -2.54. The van der Waals surface area contributed by atoms with Crippen molar-refractivity contribution >= 4 is 21.6 Å². The van der Waals surface area contributed by atoms with Crippen LogP contribution in [0.15, 0.2) is 48.5 Å². The van der Waals surface area contributed by atoms with E-state index in [4.69, 9.17) is 4.74 Å². The SMILES string of the molecule is CC[C@H](C(=O)N[C@@H]1CC(C)(C)Oc2ccc(C)cc21)N(c1ccccc1)S(C)(=O)=O. The minimum absolute atomic E-state index is 0.262. The molecule has 0 radical (unpaired) electrons. The molecule has 3 rings (SSSR count). The topological polar surface area (TPSA) is 75.7 Å². The first-order valence-electron chi connectivity index (χ1n) is 10.2. The smallest absolute Gasteiger partial charge is 0.244 e. The van der Waals surface area contributed by atoms with Crippen LogP contribution in [0.25, 0.3) is 0 Å². The van der Waals surface area contributed by atoms with Crippen LogP contribution < -0.4 is 14.4 Å². The maximum atomic E-state index is 13.4. The number of rotatable bonds is 6. The quantitative estimate of drug-likeness (QED) is 0.753. The summed E-state index contributed by atoms with van der Waals surface area (Å²) in [6.07, 6.45) is 2.07. The van der Waals surface area contributed by atoms with Crippen LogP contribution in [0.3, 0.4) is 0 Å². The van der Waals surface area contributed by atoms with Crippen molar-refractivity contribution in [1.29, 1.82) is 0 Å². The standard InChI is InChI=1S/C23H30N2O4S/c1-6-20(25(30(5,27)28)17-10-8-7-9-11-17)22(26)24-19-15-23(3,4)29-21-13-12-16(2)14-18(19)21/h7-14,19-20H,6,15H2,1-5H3,(H,24,26)/t19-,20-/m1/s1. The van der Waals surface area contributed by atoms with Gasteiger partial charge in [-0.25, -0.2) is 8.42 Å². The zero-order chi connectivity index (χ0) is 22.1. The van der Waals surface area contributed by atoms with Crippen LogP contribution in [0.4, 0.5) is 5.69 Å². The minimum Gasteiger partial charge on any atom is -0.487 e. The first-order chi connectivity index (χ1) is 14.0. The zero-order valence-electron chi connectivity index (χ0n) is 18.2. The molecule has 30 heavy (non-hydrogen) atoms. The number of nitrogens with zero attached hydrogens (tertiary/aromatic N) is 1. The highest BCUT2D eigenvalue weighted by atomic mass is 32.2. The number of amides is 1. The molecule has 0 fully saturated rings. The summed E-state index contributed by atoms with van der Waals surface area (Å²) in [7, 11) is -3.66. The lowest BCUT2D eigenvalue weighted by Crippen LogP contribution is -2.51. The molecule has 0 saturated carbocycles.